The van der Waals surface area contributed by atoms with E-state index < -0.39 is 78.2 Å². The summed E-state index contributed by atoms with van der Waals surface area (Å²) in [4.78, 5) is 13.3. The number of carbonyl (C=O) groups excluding carboxylic acids is 1. The van der Waals surface area contributed by atoms with Crippen LogP contribution < -0.4 is 0 Å². The van der Waals surface area contributed by atoms with Crippen LogP contribution in [0.3, 0.4) is 0 Å². The molecular weight excluding hydrogens is 516 g/mol. The highest BCUT2D eigenvalue weighted by Crippen LogP contribution is 2.33. The van der Waals surface area contributed by atoms with Crippen molar-refractivity contribution in [3.05, 3.63) is 0 Å². The van der Waals surface area contributed by atoms with Crippen LogP contribution in [0.2, 0.25) is 0 Å². The van der Waals surface area contributed by atoms with E-state index in [9.17, 15) is 13.2 Å². The fourth-order valence-corrected chi connectivity index (χ4v) is 4.10. The molecule has 0 N–H and O–H groups in total. The summed E-state index contributed by atoms with van der Waals surface area (Å²) in [5, 5.41) is 0. The van der Waals surface area contributed by atoms with Gasteiger partial charge in [0.05, 0.1) is 6.23 Å². The van der Waals surface area contributed by atoms with Crippen LogP contribution in [0.5, 0.6) is 0 Å². The molecule has 0 aromatic heterocycles. The molecule has 0 saturated carbocycles. The van der Waals surface area contributed by atoms with Gasteiger partial charge in [0.15, 0.2) is 31.3 Å². The van der Waals surface area contributed by atoms with Gasteiger partial charge in [0, 0.05) is 27.8 Å². The van der Waals surface area contributed by atoms with E-state index >= 15 is 0 Å². The van der Waals surface area contributed by atoms with Crippen LogP contribution in [0.25, 0.3) is 0 Å². The molecule has 0 amide bonds. The van der Waals surface area contributed by atoms with Gasteiger partial charge in [-0.2, -0.15) is 8.42 Å². The third-order valence-corrected chi connectivity index (χ3v) is 5.39. The van der Waals surface area contributed by atoms with Gasteiger partial charge < -0.3 is 42.6 Å². The molecule has 1 heterocycles. The molecule has 0 radical (unpaired) electrons. The van der Waals surface area contributed by atoms with Crippen LogP contribution in [0.15, 0.2) is 0 Å². The minimum Gasteiger partial charge on any atom is -0.434 e. The van der Waals surface area contributed by atoms with Crippen molar-refractivity contribution in [3.8, 4) is 0 Å². The van der Waals surface area contributed by atoms with Crippen molar-refractivity contribution in [2.45, 2.75) is 111 Å². The number of esters is 1. The molecule has 13 nitrogen and oxygen atoms in total. The molecule has 0 aromatic rings. The van der Waals surface area contributed by atoms with E-state index in [1.54, 1.807) is 48.5 Å². The van der Waals surface area contributed by atoms with Gasteiger partial charge in [0.2, 0.25) is 6.29 Å². The van der Waals surface area contributed by atoms with Gasteiger partial charge in [0.1, 0.15) is 18.3 Å². The molecule has 1 aliphatic rings. The Labute approximate surface area is 221 Å². The minimum atomic E-state index is -4.40. The molecule has 220 valence electrons. The van der Waals surface area contributed by atoms with Crippen LogP contribution >= 0.6 is 0 Å². The SMILES string of the molecule is [2H]CS(=O)(=O)OC1O[C@H](C(=O)OC(C)OCC)[C@@H](OC(C)OCC)[C@H](OC(C)OCC)[C@H]1OC(C)OCC. The highest BCUT2D eigenvalue weighted by molar-refractivity contribution is 7.86. The molecule has 1 saturated heterocycles. The summed E-state index contributed by atoms with van der Waals surface area (Å²) in [5.74, 6) is -0.925. The molecule has 9 atom stereocenters. The second-order valence-electron chi connectivity index (χ2n) is 7.91. The fourth-order valence-electron chi connectivity index (χ4n) is 3.66. The maximum Gasteiger partial charge on any atom is 0.340 e. The van der Waals surface area contributed by atoms with Gasteiger partial charge >= 0.3 is 5.97 Å². The smallest absolute Gasteiger partial charge is 0.340 e. The first kappa shape index (κ1) is 32.3. The lowest BCUT2D eigenvalue weighted by molar-refractivity contribution is -0.349. The lowest BCUT2D eigenvalue weighted by Gasteiger charge is -2.46. The zero-order valence-corrected chi connectivity index (χ0v) is 23.8. The maximum absolute atomic E-state index is 13.3. The summed E-state index contributed by atoms with van der Waals surface area (Å²) >= 11 is 0. The van der Waals surface area contributed by atoms with Gasteiger partial charge in [-0.1, -0.05) is 0 Å². The zero-order chi connectivity index (χ0) is 28.9. The van der Waals surface area contributed by atoms with Gasteiger partial charge in [-0.3, -0.25) is 0 Å². The van der Waals surface area contributed by atoms with Gasteiger partial charge in [-0.25, -0.2) is 8.98 Å². The first-order valence-corrected chi connectivity index (χ1v) is 14.0. The van der Waals surface area contributed by atoms with E-state index in [1.807, 2.05) is 0 Å². The number of ether oxygens (including phenoxy) is 9. The predicted molar refractivity (Wildman–Crippen MR) is 130 cm³/mol. The van der Waals surface area contributed by atoms with Crippen LogP contribution in [-0.4, -0.2) is 103 Å². The maximum atomic E-state index is 13.3. The third kappa shape index (κ3) is 12.2. The van der Waals surface area contributed by atoms with Crippen molar-refractivity contribution in [1.82, 2.24) is 0 Å². The Morgan fingerprint density at radius 1 is 0.757 bits per heavy atom. The molecule has 1 fully saturated rings. The first-order chi connectivity index (χ1) is 17.9. The van der Waals surface area contributed by atoms with Crippen LogP contribution in [0.1, 0.15) is 56.8 Å². The van der Waals surface area contributed by atoms with E-state index in [4.69, 9.17) is 48.2 Å². The monoisotopic (exact) mass is 561 g/mol. The molecule has 0 spiro atoms. The predicted octanol–water partition coefficient (Wildman–Crippen LogP) is 1.92. The summed E-state index contributed by atoms with van der Waals surface area (Å²) in [6.45, 7) is 14.5. The topological polar surface area (TPSA) is 144 Å². The highest BCUT2D eigenvalue weighted by atomic mass is 32.2. The van der Waals surface area contributed by atoms with Crippen molar-refractivity contribution in [2.24, 2.45) is 0 Å². The van der Waals surface area contributed by atoms with Crippen molar-refractivity contribution in [3.63, 3.8) is 0 Å². The molecule has 0 bridgehead atoms. The normalized spacial score (nSPS) is 28.2. The fraction of sp³-hybridized carbons (Fsp3) is 0.957. The number of hydrogen-bond acceptors (Lipinski definition) is 13. The molecule has 14 heteroatoms. The van der Waals surface area contributed by atoms with E-state index in [0.29, 0.717) is 13.2 Å². The van der Waals surface area contributed by atoms with Crippen LogP contribution in [0.4, 0.5) is 0 Å². The van der Waals surface area contributed by atoms with E-state index in [2.05, 4.69) is 0 Å². The minimum absolute atomic E-state index is 0.275. The van der Waals surface area contributed by atoms with Crippen molar-refractivity contribution < 1.29 is 61.4 Å². The second-order valence-corrected chi connectivity index (χ2v) is 9.22. The standard InChI is InChI=1S/C23H44O13S/c1-10-27-14(5)31-18-19(32-15(6)28-11-2)21(33-16(7)29-12-3)23(36-37(9,25)26)35-20(18)22(24)34-17(8)30-13-4/h14-21,23H,10-13H2,1-9H3/t14?,15?,16?,17?,18-,19-,20-,21+,23?/m0/s1/i9D. The number of carbonyl (C=O) groups is 1. The van der Waals surface area contributed by atoms with Crippen molar-refractivity contribution in [1.29, 1.82) is 0 Å². The van der Waals surface area contributed by atoms with Crippen LogP contribution in [-0.2, 0) is 61.7 Å². The average molecular weight is 562 g/mol. The number of rotatable bonds is 18. The Bertz CT molecular complexity index is 770. The lowest BCUT2D eigenvalue weighted by Crippen LogP contribution is -2.65. The quantitative estimate of drug-likeness (QED) is 0.137. The first-order valence-electron chi connectivity index (χ1n) is 13.1. The molecule has 0 aromatic carbocycles. The van der Waals surface area contributed by atoms with Crippen LogP contribution in [0, 0.1) is 0 Å². The molecule has 37 heavy (non-hydrogen) atoms. The molecule has 1 rings (SSSR count). The summed E-state index contributed by atoms with van der Waals surface area (Å²) < 4.78 is 88.2. The van der Waals surface area contributed by atoms with Crippen molar-refractivity contribution in [2.75, 3.05) is 32.7 Å². The zero-order valence-electron chi connectivity index (χ0n) is 23.9. The van der Waals surface area contributed by atoms with E-state index in [0.717, 1.165) is 0 Å². The Hall–Kier alpha value is -0.940. The highest BCUT2D eigenvalue weighted by Gasteiger charge is 2.54. The molecular formula is C23H44O13S. The second kappa shape index (κ2) is 16.9. The Balaban J connectivity index is 3.59. The Kier molecular flexibility index (Phi) is 14.7. The third-order valence-electron chi connectivity index (χ3n) is 4.90. The van der Waals surface area contributed by atoms with Gasteiger partial charge in [-0.05, 0) is 55.4 Å². The van der Waals surface area contributed by atoms with E-state index in [1.165, 1.54) is 6.92 Å². The van der Waals surface area contributed by atoms with Gasteiger partial charge in [0.25, 0.3) is 10.1 Å². The molecule has 0 aliphatic carbocycles. The number of hydrogen-bond donors (Lipinski definition) is 0. The molecule has 5 unspecified atom stereocenters. The van der Waals surface area contributed by atoms with Crippen molar-refractivity contribution >= 4 is 16.1 Å². The average Bonchev–Trinajstić information content (AvgIpc) is 2.82. The largest absolute Gasteiger partial charge is 0.434 e. The molecule has 1 aliphatic heterocycles. The summed E-state index contributed by atoms with van der Waals surface area (Å²) in [6, 6.07) is 0. The van der Waals surface area contributed by atoms with E-state index in [-0.39, 0.29) is 13.2 Å². The Morgan fingerprint density at radius 3 is 1.65 bits per heavy atom. The van der Waals surface area contributed by atoms with Gasteiger partial charge in [-0.15, -0.1) is 0 Å². The summed E-state index contributed by atoms with van der Waals surface area (Å²) in [7, 11) is -4.40. The summed E-state index contributed by atoms with van der Waals surface area (Å²) in [5.41, 5.74) is 0. The Morgan fingerprint density at radius 2 is 1.19 bits per heavy atom. The summed E-state index contributed by atoms with van der Waals surface area (Å²) in [6.07, 6.45) is -11.6. The lowest BCUT2D eigenvalue weighted by atomic mass is 9.97.